The van der Waals surface area contributed by atoms with E-state index in [2.05, 4.69) is 64.8 Å². The van der Waals surface area contributed by atoms with Gasteiger partial charge >= 0.3 is 0 Å². The van der Waals surface area contributed by atoms with Gasteiger partial charge in [0.15, 0.2) is 0 Å². The maximum atomic E-state index is 5.79. The standard InChI is InChI=1S/C17H30N2O/c1-12(2)11-20-16-9-14(10-18-17(5,6)7)8-15(19-16)13(3)4/h8-9,12-13,18H,10-11H2,1-7H3. The Kier molecular flexibility index (Phi) is 6.00. The summed E-state index contributed by atoms with van der Waals surface area (Å²) in [4.78, 5) is 4.60. The SMILES string of the molecule is CC(C)COc1cc(CNC(C)(C)C)cc(C(C)C)n1. The third-order valence-electron chi connectivity index (χ3n) is 2.86. The first-order chi connectivity index (χ1) is 9.17. The van der Waals surface area contributed by atoms with Gasteiger partial charge in [-0.3, -0.25) is 0 Å². The molecule has 0 saturated carbocycles. The van der Waals surface area contributed by atoms with Crippen LogP contribution in [-0.2, 0) is 6.54 Å². The number of ether oxygens (including phenoxy) is 1. The van der Waals surface area contributed by atoms with Crippen molar-refractivity contribution in [2.24, 2.45) is 5.92 Å². The monoisotopic (exact) mass is 278 g/mol. The Labute approximate surface area is 124 Å². The molecule has 0 atom stereocenters. The number of nitrogens with one attached hydrogen (secondary N) is 1. The summed E-state index contributed by atoms with van der Waals surface area (Å²) >= 11 is 0. The van der Waals surface area contributed by atoms with Crippen LogP contribution in [0.4, 0.5) is 0 Å². The van der Waals surface area contributed by atoms with Crippen molar-refractivity contribution in [3.8, 4) is 5.88 Å². The van der Waals surface area contributed by atoms with Gasteiger partial charge in [0.1, 0.15) is 0 Å². The lowest BCUT2D eigenvalue weighted by Gasteiger charge is -2.21. The number of rotatable bonds is 6. The summed E-state index contributed by atoms with van der Waals surface area (Å²) in [7, 11) is 0. The molecule has 0 fully saturated rings. The van der Waals surface area contributed by atoms with Crippen LogP contribution in [0.15, 0.2) is 12.1 Å². The Hall–Kier alpha value is -1.09. The van der Waals surface area contributed by atoms with E-state index in [1.807, 2.05) is 6.07 Å². The predicted molar refractivity (Wildman–Crippen MR) is 85.3 cm³/mol. The number of nitrogens with zero attached hydrogens (tertiary/aromatic N) is 1. The van der Waals surface area contributed by atoms with E-state index in [9.17, 15) is 0 Å². The summed E-state index contributed by atoms with van der Waals surface area (Å²) < 4.78 is 5.79. The lowest BCUT2D eigenvalue weighted by molar-refractivity contribution is 0.260. The fourth-order valence-corrected chi connectivity index (χ4v) is 1.67. The molecular weight excluding hydrogens is 248 g/mol. The van der Waals surface area contributed by atoms with Gasteiger partial charge in [0.2, 0.25) is 5.88 Å². The third-order valence-corrected chi connectivity index (χ3v) is 2.86. The Morgan fingerprint density at radius 2 is 1.80 bits per heavy atom. The molecule has 0 aliphatic rings. The van der Waals surface area contributed by atoms with Crippen molar-refractivity contribution in [2.45, 2.75) is 66.5 Å². The van der Waals surface area contributed by atoms with E-state index in [1.54, 1.807) is 0 Å². The summed E-state index contributed by atoms with van der Waals surface area (Å²) in [6.45, 7) is 16.7. The fraction of sp³-hybridized carbons (Fsp3) is 0.706. The van der Waals surface area contributed by atoms with Crippen molar-refractivity contribution in [1.29, 1.82) is 0 Å². The molecule has 1 rings (SSSR count). The number of hydrogen-bond donors (Lipinski definition) is 1. The Morgan fingerprint density at radius 3 is 2.30 bits per heavy atom. The van der Waals surface area contributed by atoms with E-state index >= 15 is 0 Å². The van der Waals surface area contributed by atoms with Gasteiger partial charge in [0, 0.05) is 23.8 Å². The maximum absolute atomic E-state index is 5.79. The van der Waals surface area contributed by atoms with Gasteiger partial charge in [-0.2, -0.15) is 0 Å². The zero-order valence-corrected chi connectivity index (χ0v) is 14.1. The molecule has 0 radical (unpaired) electrons. The van der Waals surface area contributed by atoms with Gasteiger partial charge < -0.3 is 10.1 Å². The highest BCUT2D eigenvalue weighted by Crippen LogP contribution is 2.20. The van der Waals surface area contributed by atoms with Crippen LogP contribution in [0, 0.1) is 5.92 Å². The van der Waals surface area contributed by atoms with Crippen LogP contribution in [0.2, 0.25) is 0 Å². The van der Waals surface area contributed by atoms with Gasteiger partial charge in [0.05, 0.1) is 6.61 Å². The van der Waals surface area contributed by atoms with Crippen molar-refractivity contribution in [3.63, 3.8) is 0 Å². The van der Waals surface area contributed by atoms with Crippen molar-refractivity contribution in [2.75, 3.05) is 6.61 Å². The zero-order valence-electron chi connectivity index (χ0n) is 14.1. The third kappa shape index (κ3) is 6.38. The lowest BCUT2D eigenvalue weighted by atomic mass is 10.1. The molecule has 1 aromatic heterocycles. The highest BCUT2D eigenvalue weighted by Gasteiger charge is 2.11. The van der Waals surface area contributed by atoms with Crippen LogP contribution >= 0.6 is 0 Å². The zero-order chi connectivity index (χ0) is 15.3. The molecule has 0 bridgehead atoms. The first kappa shape index (κ1) is 17.0. The molecule has 0 aromatic carbocycles. The van der Waals surface area contributed by atoms with E-state index in [0.717, 1.165) is 18.1 Å². The summed E-state index contributed by atoms with van der Waals surface area (Å²) in [6, 6.07) is 4.22. The molecule has 1 aromatic rings. The van der Waals surface area contributed by atoms with Crippen molar-refractivity contribution >= 4 is 0 Å². The summed E-state index contributed by atoms with van der Waals surface area (Å²) in [6.07, 6.45) is 0. The highest BCUT2D eigenvalue weighted by atomic mass is 16.5. The minimum absolute atomic E-state index is 0.111. The first-order valence-corrected chi connectivity index (χ1v) is 7.56. The summed E-state index contributed by atoms with van der Waals surface area (Å²) in [5.74, 6) is 1.66. The van der Waals surface area contributed by atoms with E-state index in [4.69, 9.17) is 4.74 Å². The molecule has 3 heteroatoms. The van der Waals surface area contributed by atoms with Gasteiger partial charge in [-0.1, -0.05) is 27.7 Å². The second kappa shape index (κ2) is 7.07. The molecule has 0 aliphatic carbocycles. The largest absolute Gasteiger partial charge is 0.477 e. The molecule has 3 nitrogen and oxygen atoms in total. The molecule has 1 heterocycles. The van der Waals surface area contributed by atoms with Crippen LogP contribution in [-0.4, -0.2) is 17.1 Å². The van der Waals surface area contributed by atoms with Gasteiger partial charge in [-0.15, -0.1) is 0 Å². The van der Waals surface area contributed by atoms with Crippen LogP contribution in [0.25, 0.3) is 0 Å². The molecule has 20 heavy (non-hydrogen) atoms. The minimum Gasteiger partial charge on any atom is -0.477 e. The normalized spacial score (nSPS) is 12.2. The Bertz CT molecular complexity index is 419. The van der Waals surface area contributed by atoms with Gasteiger partial charge in [-0.25, -0.2) is 4.98 Å². The molecule has 114 valence electrons. The van der Waals surface area contributed by atoms with Crippen molar-refractivity contribution in [3.05, 3.63) is 23.4 Å². The first-order valence-electron chi connectivity index (χ1n) is 7.56. The maximum Gasteiger partial charge on any atom is 0.213 e. The second-order valence-corrected chi connectivity index (χ2v) is 7.20. The average molecular weight is 278 g/mol. The Morgan fingerprint density at radius 1 is 1.15 bits per heavy atom. The number of aromatic nitrogens is 1. The van der Waals surface area contributed by atoms with Gasteiger partial charge in [0.25, 0.3) is 0 Å². The van der Waals surface area contributed by atoms with E-state index < -0.39 is 0 Å². The minimum atomic E-state index is 0.111. The van der Waals surface area contributed by atoms with Crippen LogP contribution in [0.5, 0.6) is 5.88 Å². The van der Waals surface area contributed by atoms with Crippen LogP contribution < -0.4 is 10.1 Å². The molecular formula is C17H30N2O. The molecule has 0 spiro atoms. The molecule has 0 aliphatic heterocycles. The molecule has 1 N–H and O–H groups in total. The fourth-order valence-electron chi connectivity index (χ4n) is 1.67. The van der Waals surface area contributed by atoms with E-state index in [1.165, 1.54) is 5.56 Å². The van der Waals surface area contributed by atoms with Crippen molar-refractivity contribution in [1.82, 2.24) is 10.3 Å². The quantitative estimate of drug-likeness (QED) is 0.849. The Balaban J connectivity index is 2.87. The van der Waals surface area contributed by atoms with Crippen LogP contribution in [0.3, 0.4) is 0 Å². The second-order valence-electron chi connectivity index (χ2n) is 7.20. The van der Waals surface area contributed by atoms with Crippen molar-refractivity contribution < 1.29 is 4.74 Å². The predicted octanol–water partition coefficient (Wildman–Crippen LogP) is 4.13. The van der Waals surface area contributed by atoms with Gasteiger partial charge in [-0.05, 0) is 44.2 Å². The molecule has 0 amide bonds. The van der Waals surface area contributed by atoms with E-state index in [-0.39, 0.29) is 5.54 Å². The summed E-state index contributed by atoms with van der Waals surface area (Å²) in [5.41, 5.74) is 2.44. The van der Waals surface area contributed by atoms with Crippen LogP contribution in [0.1, 0.15) is 65.6 Å². The smallest absolute Gasteiger partial charge is 0.213 e. The molecule has 0 unspecified atom stereocenters. The number of hydrogen-bond acceptors (Lipinski definition) is 3. The topological polar surface area (TPSA) is 34.1 Å². The molecule has 0 saturated heterocycles. The summed E-state index contributed by atoms with van der Waals surface area (Å²) in [5, 5.41) is 3.51. The number of pyridine rings is 1. The van der Waals surface area contributed by atoms with E-state index in [0.29, 0.717) is 18.4 Å². The highest BCUT2D eigenvalue weighted by molar-refractivity contribution is 5.26. The lowest BCUT2D eigenvalue weighted by Crippen LogP contribution is -2.35. The average Bonchev–Trinajstić information content (AvgIpc) is 2.33.